The monoisotopic (exact) mass is 662 g/mol. The van der Waals surface area contributed by atoms with Crippen LogP contribution in [0.5, 0.6) is 0 Å². The van der Waals surface area contributed by atoms with Crippen molar-refractivity contribution in [2.45, 2.75) is 78.0 Å². The average molecular weight is 663 g/mol. The molecule has 47 heavy (non-hydrogen) atoms. The molecule has 14 heteroatoms. The molecule has 0 fully saturated rings. The quantitative estimate of drug-likeness (QED) is 0.194. The van der Waals surface area contributed by atoms with Crippen LogP contribution < -0.4 is 21.3 Å². The van der Waals surface area contributed by atoms with E-state index < -0.39 is 47.7 Å². The van der Waals surface area contributed by atoms with Crippen LogP contribution in [0.4, 0.5) is 19.2 Å². The first-order valence-electron chi connectivity index (χ1n) is 15.1. The molecule has 0 heterocycles. The van der Waals surface area contributed by atoms with Crippen LogP contribution in [0, 0.1) is 0 Å². The van der Waals surface area contributed by atoms with Gasteiger partial charge in [-0.25, -0.2) is 19.2 Å². The Morgan fingerprint density at radius 1 is 0.638 bits per heavy atom. The number of amides is 4. The summed E-state index contributed by atoms with van der Waals surface area (Å²) in [5.74, 6) is 0. The zero-order valence-corrected chi connectivity index (χ0v) is 28.3. The minimum Gasteiger partial charge on any atom is -0.445 e. The highest BCUT2D eigenvalue weighted by molar-refractivity contribution is 5.70. The molecule has 0 spiro atoms. The predicted octanol–water partition coefficient (Wildman–Crippen LogP) is 4.25. The van der Waals surface area contributed by atoms with E-state index in [1.165, 1.54) is 7.11 Å². The molecule has 2 atom stereocenters. The van der Waals surface area contributed by atoms with E-state index in [1.807, 2.05) is 60.7 Å². The summed E-state index contributed by atoms with van der Waals surface area (Å²) in [6.45, 7) is 11.0. The van der Waals surface area contributed by atoms with Gasteiger partial charge in [0.15, 0.2) is 0 Å². The summed E-state index contributed by atoms with van der Waals surface area (Å²) >= 11 is 0. The van der Waals surface area contributed by atoms with Crippen LogP contribution in [-0.4, -0.2) is 86.2 Å². The average Bonchev–Trinajstić information content (AvgIpc) is 2.99. The molecule has 0 saturated carbocycles. The van der Waals surface area contributed by atoms with Gasteiger partial charge in [-0.15, -0.1) is 0 Å². The van der Waals surface area contributed by atoms with Crippen LogP contribution in [0.25, 0.3) is 0 Å². The number of nitrogens with one attached hydrogen (secondary N) is 4. The fourth-order valence-corrected chi connectivity index (χ4v) is 3.42. The van der Waals surface area contributed by atoms with Crippen LogP contribution in [0.2, 0.25) is 0 Å². The summed E-state index contributed by atoms with van der Waals surface area (Å²) in [5, 5.41) is 19.4. The molecule has 0 unspecified atom stereocenters. The second kappa shape index (κ2) is 21.3. The smallest absolute Gasteiger partial charge is 0.407 e. The molecule has 0 radical (unpaired) electrons. The zero-order chi connectivity index (χ0) is 35.3. The first-order valence-corrected chi connectivity index (χ1v) is 15.1. The van der Waals surface area contributed by atoms with E-state index >= 15 is 0 Å². The van der Waals surface area contributed by atoms with Gasteiger partial charge in [0.2, 0.25) is 0 Å². The third-order valence-corrected chi connectivity index (χ3v) is 5.44. The Balaban J connectivity index is 0.000000470. The van der Waals surface area contributed by atoms with Gasteiger partial charge in [0.25, 0.3) is 0 Å². The molecule has 14 nitrogen and oxygen atoms in total. The number of carbonyl (C=O) groups excluding carboxylic acids is 4. The van der Waals surface area contributed by atoms with Crippen molar-refractivity contribution in [1.82, 2.24) is 21.3 Å². The Morgan fingerprint density at radius 3 is 1.38 bits per heavy atom. The molecule has 5 N–H and O–H groups in total. The van der Waals surface area contributed by atoms with E-state index in [0.717, 1.165) is 11.1 Å². The first kappa shape index (κ1) is 40.5. The van der Waals surface area contributed by atoms with Crippen LogP contribution in [-0.2, 0) is 36.9 Å². The van der Waals surface area contributed by atoms with Gasteiger partial charge in [0.05, 0.1) is 25.3 Å². The molecule has 0 aromatic heterocycles. The summed E-state index contributed by atoms with van der Waals surface area (Å²) in [4.78, 5) is 46.7. The van der Waals surface area contributed by atoms with Crippen LogP contribution >= 0.6 is 0 Å². The molecule has 4 amide bonds. The Labute approximate surface area is 276 Å². The van der Waals surface area contributed by atoms with Crippen molar-refractivity contribution in [2.24, 2.45) is 0 Å². The molecule has 0 aliphatic heterocycles. The van der Waals surface area contributed by atoms with Gasteiger partial charge in [0.1, 0.15) is 24.4 Å². The highest BCUT2D eigenvalue weighted by Gasteiger charge is 2.20. The topological polar surface area (TPSA) is 183 Å². The van der Waals surface area contributed by atoms with Gasteiger partial charge in [0, 0.05) is 20.2 Å². The van der Waals surface area contributed by atoms with Gasteiger partial charge >= 0.3 is 24.4 Å². The van der Waals surface area contributed by atoms with E-state index in [1.54, 1.807) is 41.5 Å². The van der Waals surface area contributed by atoms with Crippen molar-refractivity contribution in [3.63, 3.8) is 0 Å². The molecule has 2 rings (SSSR count). The van der Waals surface area contributed by atoms with Gasteiger partial charge in [-0.3, -0.25) is 0 Å². The Hall–Kier alpha value is -4.56. The zero-order valence-electron chi connectivity index (χ0n) is 28.3. The number of benzene rings is 2. The Kier molecular flexibility index (Phi) is 18.3. The number of methoxy groups -OCH3 is 1. The lowest BCUT2D eigenvalue weighted by Crippen LogP contribution is -2.47. The third-order valence-electron chi connectivity index (χ3n) is 5.44. The van der Waals surface area contributed by atoms with E-state index in [2.05, 4.69) is 21.3 Å². The molecule has 0 bridgehead atoms. The number of aliphatic hydroxyl groups excluding tert-OH is 1. The Bertz CT molecular complexity index is 1200. The summed E-state index contributed by atoms with van der Waals surface area (Å²) in [5.41, 5.74) is 0.557. The fourth-order valence-electron chi connectivity index (χ4n) is 3.42. The molecular formula is C33H50N4O10. The van der Waals surface area contributed by atoms with Crippen LogP contribution in [0.15, 0.2) is 60.7 Å². The summed E-state index contributed by atoms with van der Waals surface area (Å²) in [6.07, 6.45) is -2.41. The number of carbonyl (C=O) groups is 4. The van der Waals surface area contributed by atoms with Crippen molar-refractivity contribution in [3.8, 4) is 0 Å². The van der Waals surface area contributed by atoms with Crippen molar-refractivity contribution in [1.29, 1.82) is 0 Å². The van der Waals surface area contributed by atoms with Gasteiger partial charge in [-0.05, 0) is 52.7 Å². The minimum absolute atomic E-state index is 0.0336. The lowest BCUT2D eigenvalue weighted by molar-refractivity contribution is 0.0502. The van der Waals surface area contributed by atoms with Gasteiger partial charge in [-0.1, -0.05) is 60.7 Å². The highest BCUT2D eigenvalue weighted by atomic mass is 16.6. The van der Waals surface area contributed by atoms with Gasteiger partial charge < -0.3 is 50.1 Å². The fraction of sp³-hybridized carbons (Fsp3) is 0.515. The maximum atomic E-state index is 11.8. The van der Waals surface area contributed by atoms with E-state index in [0.29, 0.717) is 0 Å². The van der Waals surface area contributed by atoms with Crippen molar-refractivity contribution < 1.29 is 48.0 Å². The van der Waals surface area contributed by atoms with Gasteiger partial charge in [-0.2, -0.15) is 0 Å². The highest BCUT2D eigenvalue weighted by Crippen LogP contribution is 2.07. The standard InChI is InChI=1S/C17H26N2O5.C16H24N2O5/c1-17(2,3)24-15(20)18-10-14(12-22-4)19-16(21)23-11-13-8-6-5-7-9-13;1-16(2,3)23-14(20)17-9-13(10-19)18-15(21)22-11-12-7-5-4-6-8-12/h5-9,14H,10-12H2,1-4H3,(H,18,20)(H,19,21);4-8,13,19H,9-11H2,1-3H3,(H,17,20)(H,18,21)/t14-;13-/m00/s1. The molecular weight excluding hydrogens is 612 g/mol. The second-order valence-electron chi connectivity index (χ2n) is 12.2. The van der Waals surface area contributed by atoms with Crippen LogP contribution in [0.1, 0.15) is 52.7 Å². The number of hydrogen-bond donors (Lipinski definition) is 5. The van der Waals surface area contributed by atoms with E-state index in [-0.39, 0.29) is 39.5 Å². The number of rotatable bonds is 13. The second-order valence-corrected chi connectivity index (χ2v) is 12.2. The minimum atomic E-state index is -0.668. The number of aliphatic hydroxyl groups is 1. The molecule has 0 aliphatic carbocycles. The number of ether oxygens (including phenoxy) is 5. The summed E-state index contributed by atoms with van der Waals surface area (Å²) < 4.78 is 25.4. The number of alkyl carbamates (subject to hydrolysis) is 4. The maximum absolute atomic E-state index is 11.8. The molecule has 262 valence electrons. The molecule has 2 aromatic rings. The first-order chi connectivity index (χ1) is 22.1. The number of hydrogen-bond acceptors (Lipinski definition) is 10. The van der Waals surface area contributed by atoms with E-state index in [4.69, 9.17) is 23.7 Å². The third kappa shape index (κ3) is 21.7. The maximum Gasteiger partial charge on any atom is 0.407 e. The van der Waals surface area contributed by atoms with E-state index in [9.17, 15) is 24.3 Å². The lowest BCUT2D eigenvalue weighted by Gasteiger charge is -2.22. The normalized spacial score (nSPS) is 12.2. The lowest BCUT2D eigenvalue weighted by atomic mass is 10.2. The van der Waals surface area contributed by atoms with Crippen molar-refractivity contribution >= 4 is 24.4 Å². The SMILES string of the molecule is CC(C)(C)OC(=O)NC[C@@H](CO)NC(=O)OCc1ccccc1.COC[C@H](CNC(=O)OC(C)(C)C)NC(=O)OCc1ccccc1. The summed E-state index contributed by atoms with van der Waals surface area (Å²) in [7, 11) is 1.51. The Morgan fingerprint density at radius 2 is 1.02 bits per heavy atom. The predicted molar refractivity (Wildman–Crippen MR) is 175 cm³/mol. The largest absolute Gasteiger partial charge is 0.445 e. The summed E-state index contributed by atoms with van der Waals surface area (Å²) in [6, 6.07) is 17.5. The van der Waals surface area contributed by atoms with Crippen molar-refractivity contribution in [3.05, 3.63) is 71.8 Å². The molecule has 0 aliphatic rings. The van der Waals surface area contributed by atoms with Crippen LogP contribution in [0.3, 0.4) is 0 Å². The molecule has 0 saturated heterocycles. The molecule has 2 aromatic carbocycles. The van der Waals surface area contributed by atoms with Crippen molar-refractivity contribution in [2.75, 3.05) is 33.4 Å².